The number of hydrogen-bond donors (Lipinski definition) is 19. The van der Waals surface area contributed by atoms with E-state index in [1.807, 2.05) is 0 Å². The molecule has 5 aliphatic heterocycles. The normalized spacial score (nSPS) is 45.0. The lowest BCUT2D eigenvalue weighted by atomic mass is 9.88. The van der Waals surface area contributed by atoms with Crippen LogP contribution in [0.5, 0.6) is 0 Å². The first-order valence-electron chi connectivity index (χ1n) is 22.2. The van der Waals surface area contributed by atoms with E-state index in [4.69, 9.17) is 42.6 Å². The van der Waals surface area contributed by atoms with Crippen LogP contribution in [0.25, 0.3) is 0 Å². The summed E-state index contributed by atoms with van der Waals surface area (Å²) >= 11 is 0. The van der Waals surface area contributed by atoms with Crippen LogP contribution >= 0.6 is 0 Å². The molecule has 32 heteroatoms. The quantitative estimate of drug-likeness (QED) is 0.0571. The average molecular weight is 1040 g/mol. The maximum atomic E-state index is 13.0. The standard InChI is InChI=1S/C39H65N3O29/c1-10(47)40-19-13(50)4-39(38(61)62,70-32(19)22(52)14(51)5-43)71-33-25(55)17(8-46)67-37(29(33)59)69-31-21(42-12(3)49)35(65-16(7-45)24(31)54)63-9-18-26(56)30(20(34(60)64-18)41-11(2)48)68-36-28(58)27(57)23(53)15(6-44)66-36/h13-37,43-46,50-60H,4-9H2,1-3H3,(H,40,47)(H,41,48)(H,42,49)(H,61,62)/t13-,14+,15+,16+,17+,18+,19+,20+,21+,22+,23-,24+,25-,26-,27-,28+,29+,30+,31+,32+,33-,34-,35+,36-,37-,39-/m0/s1. The van der Waals surface area contributed by atoms with Gasteiger partial charge in [-0.25, -0.2) is 4.79 Å². The molecule has 0 aliphatic carbocycles. The van der Waals surface area contributed by atoms with Crippen LogP contribution < -0.4 is 16.0 Å². The van der Waals surface area contributed by atoms with E-state index in [1.165, 1.54) is 0 Å². The van der Waals surface area contributed by atoms with Crippen LogP contribution in [0, 0.1) is 0 Å². The molecule has 5 saturated heterocycles. The highest BCUT2D eigenvalue weighted by molar-refractivity contribution is 5.77. The number of ether oxygens (including phenoxy) is 9. The highest BCUT2D eigenvalue weighted by atomic mass is 16.8. The van der Waals surface area contributed by atoms with Crippen molar-refractivity contribution in [2.75, 3.05) is 33.0 Å². The number of hydrogen-bond acceptors (Lipinski definition) is 28. The molecule has 5 heterocycles. The Hall–Kier alpha value is -3.08. The molecule has 0 aromatic heterocycles. The van der Waals surface area contributed by atoms with Crippen molar-refractivity contribution in [3.05, 3.63) is 0 Å². The van der Waals surface area contributed by atoms with E-state index in [2.05, 4.69) is 16.0 Å². The van der Waals surface area contributed by atoms with Crippen molar-refractivity contribution in [1.82, 2.24) is 16.0 Å². The molecular formula is C39H65N3O29. The molecular weight excluding hydrogens is 974 g/mol. The van der Waals surface area contributed by atoms with E-state index in [-0.39, 0.29) is 0 Å². The topological polar surface area (TPSA) is 511 Å². The molecule has 410 valence electrons. The maximum Gasteiger partial charge on any atom is 0.364 e. The summed E-state index contributed by atoms with van der Waals surface area (Å²) in [4.78, 5) is 49.8. The van der Waals surface area contributed by atoms with Crippen molar-refractivity contribution in [3.63, 3.8) is 0 Å². The lowest BCUT2D eigenvalue weighted by Gasteiger charge is -2.51. The van der Waals surface area contributed by atoms with Crippen LogP contribution in [0.3, 0.4) is 0 Å². The predicted octanol–water partition coefficient (Wildman–Crippen LogP) is -12.3. The van der Waals surface area contributed by atoms with Gasteiger partial charge in [-0.2, -0.15) is 0 Å². The number of aliphatic carboxylic acids is 1. The van der Waals surface area contributed by atoms with Gasteiger partial charge in [-0.15, -0.1) is 0 Å². The molecule has 0 saturated carbocycles. The minimum Gasteiger partial charge on any atom is -0.477 e. The molecule has 3 amide bonds. The molecule has 0 bridgehead atoms. The number of aliphatic hydroxyl groups excluding tert-OH is 15. The Kier molecular flexibility index (Phi) is 20.7. The SMILES string of the molecule is CC(=O)N[C@@H]1[C@@H](O[C@@H]2O[C@H](CO)[C@H](O)[C@H](O)[C@H]2O)[C@@H](O)[C@@H](CO[C@@H]2O[C@H](CO)[C@@H](O)[C@H](O[C@@H]3O[C@H](CO)[C@H](O)[C@H](O[C@]4(C(=O)O)C[C@H](O)[C@@H](NC(C)=O)[C@H]([C@H](O)[C@H](O)CO)O4)[C@H]3O)[C@H]2NC(C)=O)O[C@@H]1O. The lowest BCUT2D eigenvalue weighted by molar-refractivity contribution is -0.382. The van der Waals surface area contributed by atoms with E-state index < -0.39 is 222 Å². The van der Waals surface area contributed by atoms with E-state index in [0.29, 0.717) is 0 Å². The van der Waals surface area contributed by atoms with Crippen molar-refractivity contribution in [2.45, 2.75) is 186 Å². The van der Waals surface area contributed by atoms with Gasteiger partial charge in [0, 0.05) is 27.2 Å². The highest BCUT2D eigenvalue weighted by Crippen LogP contribution is 2.39. The van der Waals surface area contributed by atoms with Gasteiger partial charge in [-0.05, 0) is 0 Å². The monoisotopic (exact) mass is 1040 g/mol. The fraction of sp³-hybridized carbons (Fsp3) is 0.897. The number of amides is 3. The number of nitrogens with one attached hydrogen (secondary N) is 3. The lowest BCUT2D eigenvalue weighted by Crippen LogP contribution is -2.71. The Bertz CT molecular complexity index is 1770. The van der Waals surface area contributed by atoms with Gasteiger partial charge in [0.2, 0.25) is 17.7 Å². The number of aliphatic hydroxyl groups is 15. The van der Waals surface area contributed by atoms with Crippen LogP contribution in [-0.4, -0.2) is 297 Å². The number of rotatable bonds is 19. The first-order valence-corrected chi connectivity index (χ1v) is 22.2. The van der Waals surface area contributed by atoms with Crippen molar-refractivity contribution in [3.8, 4) is 0 Å². The molecule has 5 rings (SSSR count). The zero-order chi connectivity index (χ0) is 53.0. The van der Waals surface area contributed by atoms with Gasteiger partial charge in [0.05, 0.1) is 45.2 Å². The van der Waals surface area contributed by atoms with E-state index >= 15 is 0 Å². The molecule has 19 N–H and O–H groups in total. The summed E-state index contributed by atoms with van der Waals surface area (Å²) in [6.45, 7) is -1.96. The molecule has 0 aromatic carbocycles. The molecule has 32 nitrogen and oxygen atoms in total. The van der Waals surface area contributed by atoms with Crippen molar-refractivity contribution < 1.29 is 144 Å². The molecule has 0 unspecified atom stereocenters. The maximum absolute atomic E-state index is 13.0. The molecule has 5 aliphatic rings. The molecule has 0 spiro atoms. The Morgan fingerprint density at radius 1 is 0.577 bits per heavy atom. The van der Waals surface area contributed by atoms with Gasteiger partial charge in [-0.1, -0.05) is 0 Å². The second-order valence-corrected chi connectivity index (χ2v) is 17.6. The van der Waals surface area contributed by atoms with Crippen LogP contribution in [0.2, 0.25) is 0 Å². The van der Waals surface area contributed by atoms with Crippen molar-refractivity contribution in [2.24, 2.45) is 0 Å². The first kappa shape index (κ1) is 58.8. The minimum absolute atomic E-state index is 0.775. The van der Waals surface area contributed by atoms with Gasteiger partial charge < -0.3 is 140 Å². The molecule has 5 fully saturated rings. The Morgan fingerprint density at radius 2 is 1.04 bits per heavy atom. The predicted molar refractivity (Wildman–Crippen MR) is 219 cm³/mol. The van der Waals surface area contributed by atoms with Gasteiger partial charge in [0.1, 0.15) is 116 Å². The summed E-state index contributed by atoms with van der Waals surface area (Å²) in [5, 5.41) is 178. The zero-order valence-electron chi connectivity index (χ0n) is 38.1. The molecule has 26 atom stereocenters. The second kappa shape index (κ2) is 25.0. The Labute approximate surface area is 402 Å². The summed E-state index contributed by atoms with van der Waals surface area (Å²) in [5.41, 5.74) is 0. The third kappa shape index (κ3) is 13.1. The van der Waals surface area contributed by atoms with Crippen molar-refractivity contribution >= 4 is 23.7 Å². The number of carboxylic acids is 1. The number of carboxylic acid groups (broad SMARTS) is 1. The van der Waals surface area contributed by atoms with Crippen molar-refractivity contribution in [1.29, 1.82) is 0 Å². The van der Waals surface area contributed by atoms with Gasteiger partial charge in [-0.3, -0.25) is 14.4 Å². The summed E-state index contributed by atoms with van der Waals surface area (Å²) < 4.78 is 51.1. The third-order valence-electron chi connectivity index (χ3n) is 12.5. The van der Waals surface area contributed by atoms with Crippen LogP contribution in [0.4, 0.5) is 0 Å². The summed E-state index contributed by atoms with van der Waals surface area (Å²) in [5.74, 6) is -7.69. The smallest absolute Gasteiger partial charge is 0.364 e. The summed E-state index contributed by atoms with van der Waals surface area (Å²) in [6.07, 6.45) is -44.5. The average Bonchev–Trinajstić information content (AvgIpc) is 3.31. The number of carbonyl (C=O) groups is 4. The summed E-state index contributed by atoms with van der Waals surface area (Å²) in [6, 6.07) is -5.02. The molecule has 0 aromatic rings. The largest absolute Gasteiger partial charge is 0.477 e. The van der Waals surface area contributed by atoms with Crippen LogP contribution in [-0.2, 0) is 61.8 Å². The van der Waals surface area contributed by atoms with E-state index in [0.717, 1.165) is 20.8 Å². The number of carbonyl (C=O) groups excluding carboxylic acids is 3. The Morgan fingerprint density at radius 3 is 1.56 bits per heavy atom. The van der Waals surface area contributed by atoms with E-state index in [9.17, 15) is 101 Å². The highest BCUT2D eigenvalue weighted by Gasteiger charge is 2.61. The van der Waals surface area contributed by atoms with Gasteiger partial charge in [0.25, 0.3) is 5.79 Å². The fourth-order valence-electron chi connectivity index (χ4n) is 8.83. The van der Waals surface area contributed by atoms with E-state index in [1.54, 1.807) is 0 Å². The van der Waals surface area contributed by atoms with Gasteiger partial charge >= 0.3 is 5.97 Å². The fourth-order valence-corrected chi connectivity index (χ4v) is 8.83. The summed E-state index contributed by atoms with van der Waals surface area (Å²) in [7, 11) is 0. The second-order valence-electron chi connectivity index (χ2n) is 17.6. The van der Waals surface area contributed by atoms with Gasteiger partial charge in [0.15, 0.2) is 25.2 Å². The third-order valence-corrected chi connectivity index (χ3v) is 12.5. The van der Waals surface area contributed by atoms with Crippen LogP contribution in [0.15, 0.2) is 0 Å². The Balaban J connectivity index is 1.41. The first-order chi connectivity index (χ1) is 33.3. The minimum atomic E-state index is -3.18. The van der Waals surface area contributed by atoms with Crippen LogP contribution in [0.1, 0.15) is 27.2 Å². The molecule has 0 radical (unpaired) electrons. The molecule has 71 heavy (non-hydrogen) atoms. The zero-order valence-corrected chi connectivity index (χ0v) is 38.1.